The Kier molecular flexibility index (Phi) is 3.89. The lowest BCUT2D eigenvalue weighted by atomic mass is 10.2. The lowest BCUT2D eigenvalue weighted by molar-refractivity contribution is 0.201. The van der Waals surface area contributed by atoms with E-state index in [4.69, 9.17) is 16.9 Å². The van der Waals surface area contributed by atoms with Gasteiger partial charge in [-0.05, 0) is 19.1 Å². The van der Waals surface area contributed by atoms with Gasteiger partial charge in [0.2, 0.25) is 0 Å². The maximum absolute atomic E-state index is 9.21. The maximum Gasteiger partial charge on any atom is 0.132 e. The van der Waals surface area contributed by atoms with E-state index in [1.807, 2.05) is 6.07 Å². The molecule has 1 aromatic heterocycles. The molecule has 0 bridgehead atoms. The van der Waals surface area contributed by atoms with Gasteiger partial charge in [-0.2, -0.15) is 5.26 Å². The van der Waals surface area contributed by atoms with Crippen molar-refractivity contribution < 1.29 is 5.11 Å². The predicted molar refractivity (Wildman–Crippen MR) is 58.9 cm³/mol. The highest BCUT2D eigenvalue weighted by Crippen LogP contribution is 2.16. The molecule has 1 rings (SSSR count). The van der Waals surface area contributed by atoms with Crippen molar-refractivity contribution >= 4 is 17.4 Å². The lowest BCUT2D eigenvalue weighted by Crippen LogP contribution is -2.27. The van der Waals surface area contributed by atoms with Crippen LogP contribution in [0.3, 0.4) is 0 Å². The Morgan fingerprint density at radius 3 is 2.87 bits per heavy atom. The molecule has 5 heteroatoms. The molecular formula is C10H12ClN3O. The Hall–Kier alpha value is -1.31. The van der Waals surface area contributed by atoms with E-state index in [9.17, 15) is 5.11 Å². The molecule has 0 amide bonds. The number of hydrogen-bond donors (Lipinski definition) is 1. The number of likely N-dealkylation sites (N-methyl/N-ethyl adjacent to an activating group) is 1. The number of halogens is 1. The molecule has 4 nitrogen and oxygen atoms in total. The molecule has 1 atom stereocenters. The molecule has 0 aliphatic carbocycles. The number of pyridine rings is 1. The molecule has 1 heterocycles. The Morgan fingerprint density at radius 1 is 1.67 bits per heavy atom. The molecule has 0 fully saturated rings. The molecule has 0 spiro atoms. The molecule has 0 aromatic carbocycles. The summed E-state index contributed by atoms with van der Waals surface area (Å²) >= 11 is 5.76. The van der Waals surface area contributed by atoms with Crippen LogP contribution in [0.25, 0.3) is 0 Å². The van der Waals surface area contributed by atoms with Crippen LogP contribution in [0.15, 0.2) is 12.1 Å². The number of nitriles is 1. The minimum absolute atomic E-state index is 0.279. The number of aliphatic hydroxyl groups is 1. The molecule has 0 saturated heterocycles. The van der Waals surface area contributed by atoms with Crippen LogP contribution in [-0.4, -0.2) is 29.8 Å². The van der Waals surface area contributed by atoms with E-state index >= 15 is 0 Å². The molecule has 1 aromatic rings. The number of anilines is 1. The molecule has 0 saturated carbocycles. The zero-order chi connectivity index (χ0) is 11.4. The van der Waals surface area contributed by atoms with Crippen LogP contribution in [0, 0.1) is 11.3 Å². The number of nitrogens with zero attached hydrogens (tertiary/aromatic N) is 3. The van der Waals surface area contributed by atoms with Gasteiger partial charge in [-0.1, -0.05) is 11.6 Å². The first-order chi connectivity index (χ1) is 7.02. The second kappa shape index (κ2) is 4.96. The minimum Gasteiger partial charge on any atom is -0.392 e. The van der Waals surface area contributed by atoms with E-state index in [1.54, 1.807) is 24.9 Å². The molecule has 0 aliphatic rings. The van der Waals surface area contributed by atoms with E-state index in [1.165, 1.54) is 6.07 Å². The molecule has 15 heavy (non-hydrogen) atoms. The van der Waals surface area contributed by atoms with Gasteiger partial charge in [0.15, 0.2) is 0 Å². The van der Waals surface area contributed by atoms with Crippen molar-refractivity contribution in [1.82, 2.24) is 4.98 Å². The van der Waals surface area contributed by atoms with Crippen molar-refractivity contribution in [1.29, 1.82) is 5.26 Å². The monoisotopic (exact) mass is 225 g/mol. The summed E-state index contributed by atoms with van der Waals surface area (Å²) in [5, 5.41) is 18.2. The summed E-state index contributed by atoms with van der Waals surface area (Å²) in [4.78, 5) is 5.81. The predicted octanol–water partition coefficient (Wildman–Crippen LogP) is 1.42. The van der Waals surface area contributed by atoms with Gasteiger partial charge in [0.25, 0.3) is 0 Å². The van der Waals surface area contributed by atoms with Crippen LogP contribution in [-0.2, 0) is 0 Å². The number of hydrogen-bond acceptors (Lipinski definition) is 4. The van der Waals surface area contributed by atoms with E-state index in [0.717, 1.165) is 0 Å². The second-order valence-electron chi connectivity index (χ2n) is 3.38. The second-order valence-corrected chi connectivity index (χ2v) is 3.77. The van der Waals surface area contributed by atoms with Crippen molar-refractivity contribution in [2.24, 2.45) is 0 Å². The van der Waals surface area contributed by atoms with Gasteiger partial charge in [0.05, 0.1) is 17.7 Å². The summed E-state index contributed by atoms with van der Waals surface area (Å²) in [6.07, 6.45) is -0.457. The van der Waals surface area contributed by atoms with E-state index in [0.29, 0.717) is 17.9 Å². The standard InChI is InChI=1S/C10H12ClN3O/c1-7(15)6-14(2)10-4-8(5-12)3-9(11)13-10/h3-4,7,15H,6H2,1-2H3. The van der Waals surface area contributed by atoms with Crippen LogP contribution < -0.4 is 4.90 Å². The summed E-state index contributed by atoms with van der Waals surface area (Å²) in [5.41, 5.74) is 0.461. The van der Waals surface area contributed by atoms with Gasteiger partial charge >= 0.3 is 0 Å². The SMILES string of the molecule is CC(O)CN(C)c1cc(C#N)cc(Cl)n1. The number of aromatic nitrogens is 1. The zero-order valence-corrected chi connectivity index (χ0v) is 9.36. The largest absolute Gasteiger partial charge is 0.392 e. The molecule has 0 radical (unpaired) electrons. The summed E-state index contributed by atoms with van der Waals surface area (Å²) in [5.74, 6) is 0.583. The number of rotatable bonds is 3. The molecule has 1 unspecified atom stereocenters. The maximum atomic E-state index is 9.21. The van der Waals surface area contributed by atoms with Crippen molar-refractivity contribution in [2.45, 2.75) is 13.0 Å². The molecule has 1 N–H and O–H groups in total. The van der Waals surface area contributed by atoms with Crippen molar-refractivity contribution in [3.63, 3.8) is 0 Å². The van der Waals surface area contributed by atoms with Gasteiger partial charge in [-0.3, -0.25) is 0 Å². The average molecular weight is 226 g/mol. The van der Waals surface area contributed by atoms with Gasteiger partial charge in [-0.25, -0.2) is 4.98 Å². The van der Waals surface area contributed by atoms with E-state index in [2.05, 4.69) is 4.98 Å². The quantitative estimate of drug-likeness (QED) is 0.791. The molecule has 80 valence electrons. The third-order valence-electron chi connectivity index (χ3n) is 1.84. The Morgan fingerprint density at radius 2 is 2.33 bits per heavy atom. The Labute approximate surface area is 93.7 Å². The summed E-state index contributed by atoms with van der Waals surface area (Å²) < 4.78 is 0. The summed E-state index contributed by atoms with van der Waals surface area (Å²) in [6, 6.07) is 5.14. The van der Waals surface area contributed by atoms with Crippen molar-refractivity contribution in [3.8, 4) is 6.07 Å². The van der Waals surface area contributed by atoms with Crippen LogP contribution >= 0.6 is 11.6 Å². The van der Waals surface area contributed by atoms with Crippen LogP contribution in [0.2, 0.25) is 5.15 Å². The third kappa shape index (κ3) is 3.39. The minimum atomic E-state index is -0.457. The zero-order valence-electron chi connectivity index (χ0n) is 8.61. The normalized spacial score (nSPS) is 11.9. The van der Waals surface area contributed by atoms with Crippen LogP contribution in [0.5, 0.6) is 0 Å². The first kappa shape index (κ1) is 11.8. The van der Waals surface area contributed by atoms with Gasteiger partial charge in [-0.15, -0.1) is 0 Å². The van der Waals surface area contributed by atoms with Crippen molar-refractivity contribution in [3.05, 3.63) is 22.8 Å². The first-order valence-corrected chi connectivity index (χ1v) is 4.87. The van der Waals surface area contributed by atoms with Gasteiger partial charge in [0.1, 0.15) is 11.0 Å². The van der Waals surface area contributed by atoms with E-state index in [-0.39, 0.29) is 5.15 Å². The number of aliphatic hydroxyl groups excluding tert-OH is 1. The van der Waals surface area contributed by atoms with Crippen LogP contribution in [0.1, 0.15) is 12.5 Å². The van der Waals surface area contributed by atoms with E-state index < -0.39 is 6.10 Å². The highest BCUT2D eigenvalue weighted by molar-refractivity contribution is 6.29. The Bertz CT molecular complexity index is 387. The van der Waals surface area contributed by atoms with Crippen LogP contribution in [0.4, 0.5) is 5.82 Å². The highest BCUT2D eigenvalue weighted by Gasteiger charge is 2.08. The highest BCUT2D eigenvalue weighted by atomic mass is 35.5. The fourth-order valence-electron chi connectivity index (χ4n) is 1.23. The first-order valence-electron chi connectivity index (χ1n) is 4.50. The summed E-state index contributed by atoms with van der Waals surface area (Å²) in [7, 11) is 1.78. The van der Waals surface area contributed by atoms with Gasteiger partial charge in [0, 0.05) is 13.6 Å². The smallest absolute Gasteiger partial charge is 0.132 e. The molecule has 0 aliphatic heterocycles. The van der Waals surface area contributed by atoms with Crippen molar-refractivity contribution in [2.75, 3.05) is 18.5 Å². The topological polar surface area (TPSA) is 60.1 Å². The molecular weight excluding hydrogens is 214 g/mol. The lowest BCUT2D eigenvalue weighted by Gasteiger charge is -2.19. The third-order valence-corrected chi connectivity index (χ3v) is 2.03. The average Bonchev–Trinajstić information content (AvgIpc) is 2.15. The van der Waals surface area contributed by atoms with Gasteiger partial charge < -0.3 is 10.0 Å². The fraction of sp³-hybridized carbons (Fsp3) is 0.400. The fourth-order valence-corrected chi connectivity index (χ4v) is 1.44. The summed E-state index contributed by atoms with van der Waals surface area (Å²) in [6.45, 7) is 2.13. The Balaban J connectivity index is 2.94.